The third kappa shape index (κ3) is 4.20. The van der Waals surface area contributed by atoms with Gasteiger partial charge in [0.25, 0.3) is 5.91 Å². The summed E-state index contributed by atoms with van der Waals surface area (Å²) in [6.07, 6.45) is 0. The van der Waals surface area contributed by atoms with Crippen molar-refractivity contribution in [1.82, 2.24) is 20.2 Å². The van der Waals surface area contributed by atoms with E-state index in [9.17, 15) is 4.79 Å². The van der Waals surface area contributed by atoms with Crippen LogP contribution in [0.3, 0.4) is 0 Å². The van der Waals surface area contributed by atoms with Gasteiger partial charge < -0.3 is 10.1 Å². The van der Waals surface area contributed by atoms with Crippen LogP contribution in [-0.2, 0) is 13.2 Å². The molecule has 0 bridgehead atoms. The van der Waals surface area contributed by atoms with Crippen LogP contribution in [-0.4, -0.2) is 26.1 Å². The van der Waals surface area contributed by atoms with Gasteiger partial charge in [-0.2, -0.15) is 0 Å². The largest absolute Gasteiger partial charge is 0.486 e. The van der Waals surface area contributed by atoms with Crippen LogP contribution in [0.5, 0.6) is 5.75 Å². The van der Waals surface area contributed by atoms with E-state index in [1.807, 2.05) is 38.1 Å². The minimum atomic E-state index is -0.160. The molecule has 0 unspecified atom stereocenters. The molecule has 0 aliphatic heterocycles. The van der Waals surface area contributed by atoms with E-state index in [0.717, 1.165) is 11.3 Å². The molecule has 7 nitrogen and oxygen atoms in total. The summed E-state index contributed by atoms with van der Waals surface area (Å²) in [6.45, 7) is 4.90. The maximum absolute atomic E-state index is 12.3. The van der Waals surface area contributed by atoms with E-state index in [2.05, 4.69) is 20.8 Å². The zero-order chi connectivity index (χ0) is 17.6. The van der Waals surface area contributed by atoms with Gasteiger partial charge in [0.05, 0.1) is 0 Å². The zero-order valence-corrected chi connectivity index (χ0v) is 14.1. The predicted molar refractivity (Wildman–Crippen MR) is 93.4 cm³/mol. The molecule has 0 atom stereocenters. The Bertz CT molecular complexity index is 858. The number of nitrogens with zero attached hydrogens (tertiary/aromatic N) is 4. The van der Waals surface area contributed by atoms with Crippen molar-refractivity contribution in [2.75, 3.05) is 5.32 Å². The number of tetrazole rings is 1. The van der Waals surface area contributed by atoms with E-state index >= 15 is 0 Å². The molecule has 0 fully saturated rings. The third-order valence-electron chi connectivity index (χ3n) is 3.67. The molecule has 1 heterocycles. The number of anilines is 1. The number of rotatable bonds is 6. The van der Waals surface area contributed by atoms with E-state index in [0.29, 0.717) is 23.7 Å². The molecule has 3 rings (SSSR count). The molecule has 0 saturated heterocycles. The molecule has 128 valence electrons. The molecule has 2 aromatic carbocycles. The molecule has 25 heavy (non-hydrogen) atoms. The van der Waals surface area contributed by atoms with Crippen molar-refractivity contribution in [2.24, 2.45) is 0 Å². The number of hydrogen-bond donors (Lipinski definition) is 1. The molecule has 1 amide bonds. The molecule has 0 aliphatic rings. The summed E-state index contributed by atoms with van der Waals surface area (Å²) in [6, 6.07) is 14.6. The molecule has 0 saturated carbocycles. The number of ether oxygens (including phenoxy) is 1. The van der Waals surface area contributed by atoms with Crippen LogP contribution in [0.4, 0.5) is 5.69 Å². The average molecular weight is 337 g/mol. The van der Waals surface area contributed by atoms with Crippen LogP contribution in [0.25, 0.3) is 0 Å². The van der Waals surface area contributed by atoms with Crippen LogP contribution in [0, 0.1) is 6.92 Å². The van der Waals surface area contributed by atoms with E-state index in [1.165, 1.54) is 0 Å². The summed E-state index contributed by atoms with van der Waals surface area (Å²) in [4.78, 5) is 12.3. The van der Waals surface area contributed by atoms with Gasteiger partial charge in [-0.05, 0) is 66.2 Å². The van der Waals surface area contributed by atoms with Crippen molar-refractivity contribution in [3.05, 3.63) is 65.5 Å². The lowest BCUT2D eigenvalue weighted by molar-refractivity contribution is 0.102. The van der Waals surface area contributed by atoms with Gasteiger partial charge in [-0.15, -0.1) is 5.10 Å². The van der Waals surface area contributed by atoms with Gasteiger partial charge in [0, 0.05) is 17.8 Å². The van der Waals surface area contributed by atoms with Crippen LogP contribution in [0.2, 0.25) is 0 Å². The van der Waals surface area contributed by atoms with E-state index in [-0.39, 0.29) is 12.5 Å². The third-order valence-corrected chi connectivity index (χ3v) is 3.67. The maximum Gasteiger partial charge on any atom is 0.255 e. The van der Waals surface area contributed by atoms with Gasteiger partial charge in [-0.25, -0.2) is 4.68 Å². The van der Waals surface area contributed by atoms with Crippen molar-refractivity contribution >= 4 is 11.6 Å². The highest BCUT2D eigenvalue weighted by Gasteiger charge is 2.08. The van der Waals surface area contributed by atoms with Gasteiger partial charge >= 0.3 is 0 Å². The van der Waals surface area contributed by atoms with Gasteiger partial charge in [-0.3, -0.25) is 4.79 Å². The molecule has 0 spiro atoms. The maximum atomic E-state index is 12.3. The zero-order valence-electron chi connectivity index (χ0n) is 14.1. The normalized spacial score (nSPS) is 10.5. The SMILES string of the molecule is CCn1nnnc1COc1ccc(C(=O)Nc2cccc(C)c2)cc1. The molecule has 0 radical (unpaired) electrons. The summed E-state index contributed by atoms with van der Waals surface area (Å²) in [5.41, 5.74) is 2.43. The summed E-state index contributed by atoms with van der Waals surface area (Å²) < 4.78 is 7.34. The number of carbonyl (C=O) groups excluding carboxylic acids is 1. The molecule has 1 aromatic heterocycles. The number of benzene rings is 2. The highest BCUT2D eigenvalue weighted by Crippen LogP contribution is 2.16. The van der Waals surface area contributed by atoms with E-state index < -0.39 is 0 Å². The molecule has 7 heteroatoms. The lowest BCUT2D eigenvalue weighted by Crippen LogP contribution is -2.12. The Morgan fingerprint density at radius 1 is 1.20 bits per heavy atom. The van der Waals surface area contributed by atoms with Crippen LogP contribution in [0.15, 0.2) is 48.5 Å². The fourth-order valence-electron chi connectivity index (χ4n) is 2.35. The smallest absolute Gasteiger partial charge is 0.255 e. The predicted octanol–water partition coefficient (Wildman–Crippen LogP) is 2.83. The van der Waals surface area contributed by atoms with Gasteiger partial charge in [0.2, 0.25) is 0 Å². The fourth-order valence-corrected chi connectivity index (χ4v) is 2.35. The lowest BCUT2D eigenvalue weighted by Gasteiger charge is -2.08. The van der Waals surface area contributed by atoms with E-state index in [4.69, 9.17) is 4.74 Å². The Balaban J connectivity index is 1.60. The second-order valence-corrected chi connectivity index (χ2v) is 5.55. The molecule has 1 N–H and O–H groups in total. The Kier molecular flexibility index (Phi) is 5.03. The summed E-state index contributed by atoms with van der Waals surface area (Å²) >= 11 is 0. The molecular formula is C18H19N5O2. The Labute approximate surface area is 145 Å². The summed E-state index contributed by atoms with van der Waals surface area (Å²) in [5, 5.41) is 14.3. The van der Waals surface area contributed by atoms with Crippen molar-refractivity contribution in [2.45, 2.75) is 27.0 Å². The number of aryl methyl sites for hydroxylation is 2. The molecule has 3 aromatic rings. The first kappa shape index (κ1) is 16.6. The molecular weight excluding hydrogens is 318 g/mol. The number of carbonyl (C=O) groups is 1. The summed E-state index contributed by atoms with van der Waals surface area (Å²) in [5.74, 6) is 1.15. The monoisotopic (exact) mass is 337 g/mol. The second kappa shape index (κ2) is 7.57. The lowest BCUT2D eigenvalue weighted by atomic mass is 10.2. The van der Waals surface area contributed by atoms with Gasteiger partial charge in [0.15, 0.2) is 5.82 Å². The highest BCUT2D eigenvalue weighted by molar-refractivity contribution is 6.04. The number of nitrogens with one attached hydrogen (secondary N) is 1. The fraction of sp³-hybridized carbons (Fsp3) is 0.222. The van der Waals surface area contributed by atoms with Crippen molar-refractivity contribution < 1.29 is 9.53 Å². The first-order valence-electron chi connectivity index (χ1n) is 8.01. The standard InChI is InChI=1S/C18H19N5O2/c1-3-23-17(20-21-22-23)12-25-16-9-7-14(8-10-16)18(24)19-15-6-4-5-13(2)11-15/h4-11H,3,12H2,1-2H3,(H,19,24). The van der Waals surface area contributed by atoms with Crippen LogP contribution in [0.1, 0.15) is 28.7 Å². The average Bonchev–Trinajstić information content (AvgIpc) is 3.08. The Morgan fingerprint density at radius 2 is 2.00 bits per heavy atom. The number of aromatic nitrogens is 4. The minimum Gasteiger partial charge on any atom is -0.486 e. The highest BCUT2D eigenvalue weighted by atomic mass is 16.5. The molecule has 0 aliphatic carbocycles. The van der Waals surface area contributed by atoms with Crippen molar-refractivity contribution in [1.29, 1.82) is 0 Å². The topological polar surface area (TPSA) is 81.9 Å². The van der Waals surface area contributed by atoms with Crippen LogP contribution >= 0.6 is 0 Å². The quantitative estimate of drug-likeness (QED) is 0.748. The van der Waals surface area contributed by atoms with Crippen molar-refractivity contribution in [3.8, 4) is 5.75 Å². The van der Waals surface area contributed by atoms with Crippen LogP contribution < -0.4 is 10.1 Å². The number of hydrogen-bond acceptors (Lipinski definition) is 5. The number of amides is 1. The minimum absolute atomic E-state index is 0.160. The summed E-state index contributed by atoms with van der Waals surface area (Å²) in [7, 11) is 0. The first-order chi connectivity index (χ1) is 12.2. The Hall–Kier alpha value is -3.22. The second-order valence-electron chi connectivity index (χ2n) is 5.55. The Morgan fingerprint density at radius 3 is 2.72 bits per heavy atom. The first-order valence-corrected chi connectivity index (χ1v) is 8.01. The van der Waals surface area contributed by atoms with Crippen molar-refractivity contribution in [3.63, 3.8) is 0 Å². The van der Waals surface area contributed by atoms with Gasteiger partial charge in [0.1, 0.15) is 12.4 Å². The van der Waals surface area contributed by atoms with E-state index in [1.54, 1.807) is 28.9 Å². The van der Waals surface area contributed by atoms with Gasteiger partial charge in [-0.1, -0.05) is 12.1 Å².